The molecule has 5 nitrogen and oxygen atoms in total. The number of fused-ring (bicyclic) bond motifs is 1. The van der Waals surface area contributed by atoms with Gasteiger partial charge in [0.25, 0.3) is 5.56 Å². The van der Waals surface area contributed by atoms with E-state index >= 15 is 0 Å². The molecule has 0 fully saturated rings. The maximum atomic E-state index is 13.8. The topological polar surface area (TPSA) is 68.0 Å². The number of phenolic OH excluding ortho intramolecular Hbond substituents is 1. The maximum Gasteiger partial charge on any atom is 0.262 e. The van der Waals surface area contributed by atoms with Crippen LogP contribution in [0.2, 0.25) is 0 Å². The Hall–Kier alpha value is -3.54. The summed E-state index contributed by atoms with van der Waals surface area (Å²) in [5.74, 6) is -0.120. The number of nitrogens with zero attached hydrogens (tertiary/aromatic N) is 3. The van der Waals surface area contributed by atoms with Gasteiger partial charge < -0.3 is 5.11 Å². The highest BCUT2D eigenvalue weighted by atomic mass is 19.1. The van der Waals surface area contributed by atoms with Crippen LogP contribution in [0.25, 0.3) is 22.3 Å². The molecule has 2 aromatic carbocycles. The fourth-order valence-corrected chi connectivity index (χ4v) is 3.38. The van der Waals surface area contributed by atoms with Crippen LogP contribution in [0.5, 0.6) is 5.75 Å². The predicted octanol–water partition coefficient (Wildman–Crippen LogP) is 4.11. The molecule has 6 heteroatoms. The number of aromatic hydroxyl groups is 1. The van der Waals surface area contributed by atoms with E-state index in [2.05, 4.69) is 9.97 Å². The Morgan fingerprint density at radius 1 is 1.14 bits per heavy atom. The SMILES string of the molecule is CC(Cc1cccnc1)n1c(-c2ccccc2O)nc2ccc(F)cc2c1=O. The van der Waals surface area contributed by atoms with E-state index < -0.39 is 5.82 Å². The van der Waals surface area contributed by atoms with Crippen LogP contribution < -0.4 is 5.56 Å². The Bertz CT molecular complexity index is 1210. The van der Waals surface area contributed by atoms with Crippen molar-refractivity contribution in [3.63, 3.8) is 0 Å². The van der Waals surface area contributed by atoms with Gasteiger partial charge in [0.1, 0.15) is 17.4 Å². The molecule has 0 aliphatic carbocycles. The van der Waals surface area contributed by atoms with Crippen LogP contribution >= 0.6 is 0 Å². The molecule has 1 atom stereocenters. The van der Waals surface area contributed by atoms with Gasteiger partial charge in [-0.25, -0.2) is 9.37 Å². The number of halogens is 1. The second-order valence-corrected chi connectivity index (χ2v) is 6.70. The average Bonchev–Trinajstić information content (AvgIpc) is 2.69. The minimum absolute atomic E-state index is 0.0261. The van der Waals surface area contributed by atoms with Crippen LogP contribution in [0.4, 0.5) is 4.39 Å². The third-order valence-corrected chi connectivity index (χ3v) is 4.70. The van der Waals surface area contributed by atoms with E-state index in [4.69, 9.17) is 0 Å². The van der Waals surface area contributed by atoms with E-state index in [0.717, 1.165) is 5.56 Å². The minimum Gasteiger partial charge on any atom is -0.507 e. The molecular formula is C22H18FN3O2. The molecule has 0 aliphatic rings. The number of hydrogen-bond acceptors (Lipinski definition) is 4. The first kappa shape index (κ1) is 17.9. The molecule has 4 rings (SSSR count). The summed E-state index contributed by atoms with van der Waals surface area (Å²) in [7, 11) is 0. The van der Waals surface area contributed by atoms with Crippen LogP contribution in [-0.2, 0) is 6.42 Å². The largest absolute Gasteiger partial charge is 0.507 e. The van der Waals surface area contributed by atoms with Gasteiger partial charge in [-0.3, -0.25) is 14.3 Å². The monoisotopic (exact) mass is 375 g/mol. The minimum atomic E-state index is -0.492. The van der Waals surface area contributed by atoms with E-state index in [0.29, 0.717) is 23.3 Å². The van der Waals surface area contributed by atoms with E-state index in [1.807, 2.05) is 19.1 Å². The molecular weight excluding hydrogens is 357 g/mol. The fraction of sp³-hybridized carbons (Fsp3) is 0.136. The maximum absolute atomic E-state index is 13.8. The summed E-state index contributed by atoms with van der Waals surface area (Å²) < 4.78 is 15.3. The Morgan fingerprint density at radius 3 is 2.71 bits per heavy atom. The van der Waals surface area contributed by atoms with Crippen molar-refractivity contribution in [3.05, 3.63) is 88.7 Å². The van der Waals surface area contributed by atoms with Crippen molar-refractivity contribution in [2.24, 2.45) is 0 Å². The lowest BCUT2D eigenvalue weighted by molar-refractivity contribution is 0.474. The van der Waals surface area contributed by atoms with Crippen molar-refractivity contribution >= 4 is 10.9 Å². The molecule has 1 N–H and O–H groups in total. The van der Waals surface area contributed by atoms with Gasteiger partial charge in [-0.2, -0.15) is 0 Å². The standard InChI is InChI=1S/C22H18FN3O2/c1-14(11-15-5-4-10-24-13-15)26-21(17-6-2-3-7-20(17)27)25-19-9-8-16(23)12-18(19)22(26)28/h2-10,12-14,27H,11H2,1H3. The summed E-state index contributed by atoms with van der Waals surface area (Å²) in [6.07, 6.45) is 3.97. The second-order valence-electron chi connectivity index (χ2n) is 6.70. The first-order valence-corrected chi connectivity index (χ1v) is 8.93. The Morgan fingerprint density at radius 2 is 1.96 bits per heavy atom. The third kappa shape index (κ3) is 3.24. The molecule has 0 saturated heterocycles. The van der Waals surface area contributed by atoms with Crippen molar-refractivity contribution in [1.29, 1.82) is 0 Å². The van der Waals surface area contributed by atoms with Crippen LogP contribution in [0.3, 0.4) is 0 Å². The van der Waals surface area contributed by atoms with Gasteiger partial charge in [0.2, 0.25) is 0 Å². The summed E-state index contributed by atoms with van der Waals surface area (Å²) in [6, 6.07) is 14.2. The molecule has 2 heterocycles. The molecule has 4 aromatic rings. The number of benzene rings is 2. The predicted molar refractivity (Wildman–Crippen MR) is 106 cm³/mol. The zero-order valence-corrected chi connectivity index (χ0v) is 15.2. The lowest BCUT2D eigenvalue weighted by atomic mass is 10.1. The first-order chi connectivity index (χ1) is 13.5. The summed E-state index contributed by atoms with van der Waals surface area (Å²) in [6.45, 7) is 1.89. The van der Waals surface area contributed by atoms with Gasteiger partial charge in [-0.1, -0.05) is 18.2 Å². The lowest BCUT2D eigenvalue weighted by Gasteiger charge is -2.20. The molecule has 0 aliphatic heterocycles. The first-order valence-electron chi connectivity index (χ1n) is 8.93. The third-order valence-electron chi connectivity index (χ3n) is 4.70. The molecule has 28 heavy (non-hydrogen) atoms. The van der Waals surface area contributed by atoms with Crippen LogP contribution in [0, 0.1) is 5.82 Å². The summed E-state index contributed by atoms with van der Waals surface area (Å²) in [4.78, 5) is 22.0. The van der Waals surface area contributed by atoms with E-state index in [9.17, 15) is 14.3 Å². The Balaban J connectivity index is 1.96. The van der Waals surface area contributed by atoms with Gasteiger partial charge in [0, 0.05) is 18.4 Å². The highest BCUT2D eigenvalue weighted by molar-refractivity contribution is 5.80. The molecule has 0 bridgehead atoms. The molecule has 0 radical (unpaired) electrons. The van der Waals surface area contributed by atoms with Crippen molar-refractivity contribution in [3.8, 4) is 17.1 Å². The van der Waals surface area contributed by atoms with Gasteiger partial charge in [0.15, 0.2) is 0 Å². The smallest absolute Gasteiger partial charge is 0.262 e. The molecule has 0 amide bonds. The molecule has 2 aromatic heterocycles. The number of rotatable bonds is 4. The zero-order valence-electron chi connectivity index (χ0n) is 15.2. The number of phenols is 1. The van der Waals surface area contributed by atoms with Crippen LogP contribution in [-0.4, -0.2) is 19.6 Å². The summed E-state index contributed by atoms with van der Waals surface area (Å²) in [5, 5.41) is 10.5. The summed E-state index contributed by atoms with van der Waals surface area (Å²) >= 11 is 0. The zero-order chi connectivity index (χ0) is 19.7. The Kier molecular flexibility index (Phi) is 4.61. The highest BCUT2D eigenvalue weighted by Crippen LogP contribution is 2.30. The van der Waals surface area contributed by atoms with Crippen molar-refractivity contribution < 1.29 is 9.50 Å². The number of hydrogen-bond donors (Lipinski definition) is 1. The average molecular weight is 375 g/mol. The van der Waals surface area contributed by atoms with Crippen LogP contribution in [0.1, 0.15) is 18.5 Å². The second kappa shape index (κ2) is 7.23. The van der Waals surface area contributed by atoms with Crippen molar-refractivity contribution in [2.75, 3.05) is 0 Å². The number of aromatic nitrogens is 3. The number of pyridine rings is 1. The quantitative estimate of drug-likeness (QED) is 0.583. The van der Waals surface area contributed by atoms with Gasteiger partial charge in [0.05, 0.1) is 16.5 Å². The van der Waals surface area contributed by atoms with E-state index in [-0.39, 0.29) is 22.7 Å². The normalized spacial score (nSPS) is 12.2. The highest BCUT2D eigenvalue weighted by Gasteiger charge is 2.20. The van der Waals surface area contributed by atoms with E-state index in [1.165, 1.54) is 22.8 Å². The molecule has 0 saturated carbocycles. The fourth-order valence-electron chi connectivity index (χ4n) is 3.38. The molecule has 0 spiro atoms. The van der Waals surface area contributed by atoms with Gasteiger partial charge >= 0.3 is 0 Å². The van der Waals surface area contributed by atoms with Crippen molar-refractivity contribution in [1.82, 2.24) is 14.5 Å². The van der Waals surface area contributed by atoms with Gasteiger partial charge in [-0.05, 0) is 55.3 Å². The van der Waals surface area contributed by atoms with Gasteiger partial charge in [-0.15, -0.1) is 0 Å². The molecule has 1 unspecified atom stereocenters. The van der Waals surface area contributed by atoms with Crippen LogP contribution in [0.15, 0.2) is 71.8 Å². The van der Waals surface area contributed by atoms with E-state index in [1.54, 1.807) is 36.7 Å². The van der Waals surface area contributed by atoms with Crippen molar-refractivity contribution in [2.45, 2.75) is 19.4 Å². The number of para-hydroxylation sites is 1. The summed E-state index contributed by atoms with van der Waals surface area (Å²) in [5.41, 5.74) is 1.45. The Labute approximate surface area is 160 Å². The lowest BCUT2D eigenvalue weighted by Crippen LogP contribution is -2.27. The molecule has 140 valence electrons.